The highest BCUT2D eigenvalue weighted by Crippen LogP contribution is 2.28. The van der Waals surface area contributed by atoms with E-state index in [4.69, 9.17) is 10.1 Å². The molecule has 1 aliphatic heterocycles. The van der Waals surface area contributed by atoms with Gasteiger partial charge in [0, 0.05) is 85.5 Å². The molecule has 4 aromatic rings. The van der Waals surface area contributed by atoms with Crippen molar-refractivity contribution in [1.29, 1.82) is 10.7 Å². The average molecular weight is 497 g/mol. The second kappa shape index (κ2) is 10.6. The van der Waals surface area contributed by atoms with Gasteiger partial charge in [-0.1, -0.05) is 11.3 Å². The largest absolute Gasteiger partial charge is 0.481 e. The lowest BCUT2D eigenvalue weighted by Gasteiger charge is -2.33. The predicted octanol–water partition coefficient (Wildman–Crippen LogP) is 2.65. The van der Waals surface area contributed by atoms with E-state index in [1.807, 2.05) is 50.0 Å². The third-order valence-corrected chi connectivity index (χ3v) is 6.51. The molecule has 11 heteroatoms. The number of aromatic nitrogens is 6. The summed E-state index contributed by atoms with van der Waals surface area (Å²) in [6, 6.07) is 8.23. The van der Waals surface area contributed by atoms with Gasteiger partial charge in [-0.3, -0.25) is 9.58 Å². The van der Waals surface area contributed by atoms with Crippen molar-refractivity contribution < 1.29 is 4.74 Å². The SMILES string of the molecule is COc1ccc(CN2CCC[C@H](N/C=C(\C=N)c3cc(-c4cnn(C)c4)cn4nnc(C#N)c34)C2)cn1. The number of hydrogen-bond acceptors (Lipinski definition) is 9. The molecule has 5 heterocycles. The molecule has 1 fully saturated rings. The summed E-state index contributed by atoms with van der Waals surface area (Å²) < 4.78 is 8.48. The first-order valence-electron chi connectivity index (χ1n) is 12.0. The van der Waals surface area contributed by atoms with E-state index >= 15 is 0 Å². The summed E-state index contributed by atoms with van der Waals surface area (Å²) >= 11 is 0. The van der Waals surface area contributed by atoms with Gasteiger partial charge in [-0.2, -0.15) is 10.4 Å². The molecular weight excluding hydrogens is 468 g/mol. The van der Waals surface area contributed by atoms with Crippen molar-refractivity contribution in [2.75, 3.05) is 20.2 Å². The Morgan fingerprint density at radius 3 is 2.89 bits per heavy atom. The summed E-state index contributed by atoms with van der Waals surface area (Å²) in [6.45, 7) is 2.71. The van der Waals surface area contributed by atoms with E-state index in [1.165, 1.54) is 6.21 Å². The standard InChI is InChI=1S/C26H28N10O/c1-34-15-21(13-31-34)19-8-23(26-24(10-28)32-33-36(26)16-19)20(9-27)12-29-22-4-3-7-35(17-22)14-18-5-6-25(37-2)30-11-18/h5-6,8-9,11-13,15-16,22,27,29H,3-4,7,14,17H2,1-2H3/b20-12+,27-9?/t22-/m0/s1. The van der Waals surface area contributed by atoms with Crippen molar-refractivity contribution in [3.63, 3.8) is 0 Å². The summed E-state index contributed by atoms with van der Waals surface area (Å²) in [5.74, 6) is 0.612. The van der Waals surface area contributed by atoms with Crippen LogP contribution in [-0.4, -0.2) is 66.9 Å². The van der Waals surface area contributed by atoms with Crippen molar-refractivity contribution >= 4 is 17.3 Å². The molecule has 37 heavy (non-hydrogen) atoms. The highest BCUT2D eigenvalue weighted by atomic mass is 16.5. The van der Waals surface area contributed by atoms with E-state index in [0.29, 0.717) is 22.5 Å². The molecule has 0 unspecified atom stereocenters. The molecule has 11 nitrogen and oxygen atoms in total. The van der Waals surface area contributed by atoms with Crippen LogP contribution in [-0.2, 0) is 13.6 Å². The molecule has 0 radical (unpaired) electrons. The Bertz CT molecular complexity index is 1480. The van der Waals surface area contributed by atoms with Crippen LogP contribution in [0.2, 0.25) is 0 Å². The van der Waals surface area contributed by atoms with Gasteiger partial charge in [-0.15, -0.1) is 5.10 Å². The molecule has 2 N–H and O–H groups in total. The number of allylic oxidation sites excluding steroid dienone is 1. The van der Waals surface area contributed by atoms with Gasteiger partial charge in [0.1, 0.15) is 11.6 Å². The zero-order valence-electron chi connectivity index (χ0n) is 20.8. The first kappa shape index (κ1) is 24.1. The number of likely N-dealkylation sites (tertiary alicyclic amines) is 1. The normalized spacial score (nSPS) is 16.5. The van der Waals surface area contributed by atoms with Crippen LogP contribution in [0.4, 0.5) is 0 Å². The van der Waals surface area contributed by atoms with Gasteiger partial charge in [-0.05, 0) is 31.0 Å². The highest BCUT2D eigenvalue weighted by Gasteiger charge is 2.20. The lowest BCUT2D eigenvalue weighted by atomic mass is 10.0. The van der Waals surface area contributed by atoms with E-state index in [2.05, 4.69) is 36.7 Å². The van der Waals surface area contributed by atoms with Crippen LogP contribution < -0.4 is 10.1 Å². The molecule has 1 saturated heterocycles. The van der Waals surface area contributed by atoms with Gasteiger partial charge >= 0.3 is 0 Å². The number of fused-ring (bicyclic) bond motifs is 1. The zero-order valence-corrected chi connectivity index (χ0v) is 20.8. The van der Waals surface area contributed by atoms with Gasteiger partial charge in [0.2, 0.25) is 5.88 Å². The number of pyridine rings is 2. The maximum absolute atomic E-state index is 9.62. The fourth-order valence-corrected chi connectivity index (χ4v) is 4.67. The van der Waals surface area contributed by atoms with Gasteiger partial charge in [0.25, 0.3) is 0 Å². The molecule has 1 atom stereocenters. The maximum Gasteiger partial charge on any atom is 0.212 e. The topological polar surface area (TPSA) is 133 Å². The van der Waals surface area contributed by atoms with Crippen LogP contribution in [0.3, 0.4) is 0 Å². The van der Waals surface area contributed by atoms with E-state index in [-0.39, 0.29) is 11.7 Å². The van der Waals surface area contributed by atoms with Crippen LogP contribution >= 0.6 is 0 Å². The number of nitrogens with zero attached hydrogens (tertiary/aromatic N) is 8. The molecule has 0 aliphatic carbocycles. The fraction of sp³-hybridized carbons (Fsp3) is 0.308. The maximum atomic E-state index is 9.62. The quantitative estimate of drug-likeness (QED) is 0.356. The van der Waals surface area contributed by atoms with Crippen molar-refractivity contribution in [2.45, 2.75) is 25.4 Å². The zero-order chi connectivity index (χ0) is 25.8. The molecule has 188 valence electrons. The van der Waals surface area contributed by atoms with Gasteiger partial charge in [0.05, 0.1) is 13.3 Å². The molecular formula is C26H28N10O. The highest BCUT2D eigenvalue weighted by molar-refractivity contribution is 6.11. The lowest BCUT2D eigenvalue weighted by Crippen LogP contribution is -2.43. The van der Waals surface area contributed by atoms with Crippen LogP contribution in [0.5, 0.6) is 5.88 Å². The van der Waals surface area contributed by atoms with Crippen molar-refractivity contribution in [3.05, 3.63) is 66.0 Å². The van der Waals surface area contributed by atoms with E-state index < -0.39 is 0 Å². The second-order valence-corrected chi connectivity index (χ2v) is 9.08. The van der Waals surface area contributed by atoms with Crippen LogP contribution in [0.1, 0.15) is 29.7 Å². The lowest BCUT2D eigenvalue weighted by molar-refractivity contribution is 0.190. The minimum Gasteiger partial charge on any atom is -0.481 e. The van der Waals surface area contributed by atoms with Gasteiger partial charge in [-0.25, -0.2) is 9.50 Å². The molecule has 5 rings (SSSR count). The molecule has 0 aromatic carbocycles. The Morgan fingerprint density at radius 1 is 1.30 bits per heavy atom. The Morgan fingerprint density at radius 2 is 2.19 bits per heavy atom. The third kappa shape index (κ3) is 5.19. The first-order chi connectivity index (χ1) is 18.1. The number of rotatable bonds is 8. The monoisotopic (exact) mass is 496 g/mol. The number of nitrogens with one attached hydrogen (secondary N) is 2. The number of methoxy groups -OCH3 is 1. The first-order valence-corrected chi connectivity index (χ1v) is 12.0. The van der Waals surface area contributed by atoms with Crippen molar-refractivity contribution in [1.82, 2.24) is 39.8 Å². The Labute approximate surface area is 214 Å². The minimum absolute atomic E-state index is 0.220. The molecule has 0 spiro atoms. The van der Waals surface area contributed by atoms with Crippen LogP contribution in [0.15, 0.2) is 49.2 Å². The predicted molar refractivity (Wildman–Crippen MR) is 139 cm³/mol. The molecule has 4 aromatic heterocycles. The smallest absolute Gasteiger partial charge is 0.212 e. The summed E-state index contributed by atoms with van der Waals surface area (Å²) in [6.07, 6.45) is 12.6. The average Bonchev–Trinajstić information content (AvgIpc) is 3.55. The number of ether oxygens (including phenoxy) is 1. The van der Waals surface area contributed by atoms with Gasteiger partial charge < -0.3 is 15.5 Å². The number of aryl methyl sites for hydroxylation is 1. The van der Waals surface area contributed by atoms with E-state index in [9.17, 15) is 5.26 Å². The number of nitriles is 1. The number of piperidine rings is 1. The van der Waals surface area contributed by atoms with Crippen LogP contribution in [0, 0.1) is 16.7 Å². The molecule has 0 saturated carbocycles. The minimum atomic E-state index is 0.220. The van der Waals surface area contributed by atoms with Gasteiger partial charge in [0.15, 0.2) is 5.69 Å². The van der Waals surface area contributed by atoms with E-state index in [0.717, 1.165) is 49.2 Å². The van der Waals surface area contributed by atoms with Crippen molar-refractivity contribution in [2.24, 2.45) is 7.05 Å². The summed E-state index contributed by atoms with van der Waals surface area (Å²) in [5, 5.41) is 33.7. The van der Waals surface area contributed by atoms with Crippen molar-refractivity contribution in [3.8, 4) is 23.1 Å². The Balaban J connectivity index is 1.38. The Kier molecular flexibility index (Phi) is 6.91. The van der Waals surface area contributed by atoms with Crippen LogP contribution in [0.25, 0.3) is 22.2 Å². The molecule has 0 bridgehead atoms. The summed E-state index contributed by atoms with van der Waals surface area (Å²) in [4.78, 5) is 6.71. The molecule has 1 aliphatic rings. The number of hydrogen-bond donors (Lipinski definition) is 2. The Hall–Kier alpha value is -4.56. The summed E-state index contributed by atoms with van der Waals surface area (Å²) in [7, 11) is 3.47. The van der Waals surface area contributed by atoms with E-state index in [1.54, 1.807) is 22.5 Å². The third-order valence-electron chi connectivity index (χ3n) is 6.51. The molecule has 0 amide bonds. The second-order valence-electron chi connectivity index (χ2n) is 9.08. The summed E-state index contributed by atoms with van der Waals surface area (Å²) in [5.41, 5.74) is 5.07. The fourth-order valence-electron chi connectivity index (χ4n) is 4.67.